The van der Waals surface area contributed by atoms with Crippen LogP contribution in [0.5, 0.6) is 0 Å². The van der Waals surface area contributed by atoms with Gasteiger partial charge < -0.3 is 10.6 Å². The maximum Gasteiger partial charge on any atom is 0.319 e. The first-order valence-corrected chi connectivity index (χ1v) is 4.62. The summed E-state index contributed by atoms with van der Waals surface area (Å²) in [6.07, 6.45) is -2.17. The first-order valence-electron chi connectivity index (χ1n) is 4.62. The third kappa shape index (κ3) is 3.42. The average Bonchev–Trinajstić information content (AvgIpc) is 2.16. The molecule has 1 heterocycles. The van der Waals surface area contributed by atoms with E-state index in [4.69, 9.17) is 0 Å². The predicted octanol–water partition coefficient (Wildman–Crippen LogP) is 1.23. The van der Waals surface area contributed by atoms with Crippen LogP contribution < -0.4 is 10.6 Å². The second-order valence-electron chi connectivity index (χ2n) is 3.47. The van der Waals surface area contributed by atoms with Crippen LogP contribution in [0.4, 0.5) is 17.6 Å². The van der Waals surface area contributed by atoms with Gasteiger partial charge in [-0.3, -0.25) is 0 Å². The Morgan fingerprint density at radius 2 is 1.86 bits per heavy atom. The molecule has 2 nitrogen and oxygen atoms in total. The van der Waals surface area contributed by atoms with Gasteiger partial charge >= 0.3 is 12.3 Å². The van der Waals surface area contributed by atoms with E-state index in [1.807, 2.05) is 0 Å². The molecule has 0 aromatic carbocycles. The van der Waals surface area contributed by atoms with Crippen molar-refractivity contribution in [2.45, 2.75) is 31.2 Å². The second-order valence-corrected chi connectivity index (χ2v) is 3.47. The average molecular weight is 214 g/mol. The molecule has 1 aliphatic heterocycles. The van der Waals surface area contributed by atoms with Gasteiger partial charge in [0.25, 0.3) is 0 Å². The summed E-state index contributed by atoms with van der Waals surface area (Å²) in [6.45, 7) is 0.561. The summed E-state index contributed by atoms with van der Waals surface area (Å²) in [6, 6.07) is -0.0686. The molecule has 84 valence electrons. The molecule has 0 spiro atoms. The van der Waals surface area contributed by atoms with Crippen LogP contribution in [-0.2, 0) is 0 Å². The van der Waals surface area contributed by atoms with Crippen LogP contribution in [0, 0.1) is 0 Å². The van der Waals surface area contributed by atoms with Crippen molar-refractivity contribution >= 4 is 0 Å². The molecule has 0 aromatic heterocycles. The van der Waals surface area contributed by atoms with Crippen LogP contribution in [-0.4, -0.2) is 38.0 Å². The van der Waals surface area contributed by atoms with Crippen molar-refractivity contribution in [3.05, 3.63) is 0 Å². The summed E-state index contributed by atoms with van der Waals surface area (Å²) < 4.78 is 48.5. The van der Waals surface area contributed by atoms with E-state index >= 15 is 0 Å². The molecule has 2 N–H and O–H groups in total. The summed E-state index contributed by atoms with van der Waals surface area (Å²) in [5, 5.41) is 5.53. The number of rotatable bonds is 4. The summed E-state index contributed by atoms with van der Waals surface area (Å²) >= 11 is 0. The van der Waals surface area contributed by atoms with E-state index in [1.165, 1.54) is 0 Å². The lowest BCUT2D eigenvalue weighted by molar-refractivity contribution is -0.126. The fourth-order valence-corrected chi connectivity index (χ4v) is 1.38. The first-order chi connectivity index (χ1) is 6.52. The maximum atomic E-state index is 12.5. The van der Waals surface area contributed by atoms with Gasteiger partial charge in [0, 0.05) is 6.04 Å². The Labute approximate surface area is 80.0 Å². The van der Waals surface area contributed by atoms with E-state index in [9.17, 15) is 17.6 Å². The van der Waals surface area contributed by atoms with Crippen molar-refractivity contribution in [1.82, 2.24) is 10.6 Å². The number of piperidine rings is 1. The minimum atomic E-state index is -3.91. The van der Waals surface area contributed by atoms with Crippen molar-refractivity contribution in [3.8, 4) is 0 Å². The third-order valence-corrected chi connectivity index (χ3v) is 2.28. The molecule has 14 heavy (non-hydrogen) atoms. The first kappa shape index (κ1) is 11.7. The molecule has 1 rings (SSSR count). The van der Waals surface area contributed by atoms with E-state index in [0.29, 0.717) is 12.8 Å². The second kappa shape index (κ2) is 4.93. The molecule has 1 saturated heterocycles. The number of halogens is 4. The Balaban J connectivity index is 2.24. The highest BCUT2D eigenvalue weighted by Crippen LogP contribution is 2.22. The lowest BCUT2D eigenvalue weighted by Gasteiger charge is -2.26. The molecular formula is C8H14F4N2. The lowest BCUT2D eigenvalue weighted by Crippen LogP contribution is -2.46. The molecular weight excluding hydrogens is 200 g/mol. The van der Waals surface area contributed by atoms with Gasteiger partial charge in [0.15, 0.2) is 0 Å². The minimum Gasteiger partial charge on any atom is -0.317 e. The van der Waals surface area contributed by atoms with Crippen LogP contribution in [0.25, 0.3) is 0 Å². The van der Waals surface area contributed by atoms with Crippen molar-refractivity contribution in [1.29, 1.82) is 0 Å². The fourth-order valence-electron chi connectivity index (χ4n) is 1.38. The van der Waals surface area contributed by atoms with Crippen LogP contribution in [0.1, 0.15) is 12.8 Å². The third-order valence-electron chi connectivity index (χ3n) is 2.28. The molecule has 1 fully saturated rings. The smallest absolute Gasteiger partial charge is 0.317 e. The van der Waals surface area contributed by atoms with E-state index in [2.05, 4.69) is 10.6 Å². The zero-order valence-corrected chi connectivity index (χ0v) is 7.70. The SMILES string of the molecule is FC(F)C(F)(F)CNC1CCNCC1. The summed E-state index contributed by atoms with van der Waals surface area (Å²) in [5.41, 5.74) is 0. The van der Waals surface area contributed by atoms with Gasteiger partial charge in [-0.05, 0) is 25.9 Å². The molecule has 0 aliphatic carbocycles. The zero-order valence-electron chi connectivity index (χ0n) is 7.70. The van der Waals surface area contributed by atoms with E-state index in [-0.39, 0.29) is 6.04 Å². The minimum absolute atomic E-state index is 0.0686. The standard InChI is InChI=1S/C8H14F4N2/c9-7(10)8(11,12)5-14-6-1-3-13-4-2-6/h6-7,13-14H,1-5H2. The topological polar surface area (TPSA) is 24.1 Å². The van der Waals surface area contributed by atoms with Crippen molar-refractivity contribution in [3.63, 3.8) is 0 Å². The van der Waals surface area contributed by atoms with Crippen molar-refractivity contribution < 1.29 is 17.6 Å². The Bertz CT molecular complexity index is 169. The van der Waals surface area contributed by atoms with Gasteiger partial charge in [-0.1, -0.05) is 0 Å². The molecule has 0 radical (unpaired) electrons. The van der Waals surface area contributed by atoms with Crippen LogP contribution >= 0.6 is 0 Å². The normalized spacial score (nSPS) is 20.4. The number of hydrogen-bond donors (Lipinski definition) is 2. The highest BCUT2D eigenvalue weighted by molar-refractivity contribution is 4.79. The monoisotopic (exact) mass is 214 g/mol. The fraction of sp³-hybridized carbons (Fsp3) is 1.00. The molecule has 6 heteroatoms. The molecule has 0 aromatic rings. The summed E-state index contributed by atoms with van der Waals surface area (Å²) in [7, 11) is 0. The van der Waals surface area contributed by atoms with E-state index in [0.717, 1.165) is 13.1 Å². The van der Waals surface area contributed by atoms with Crippen LogP contribution in [0.2, 0.25) is 0 Å². The predicted molar refractivity (Wildman–Crippen MR) is 44.8 cm³/mol. The van der Waals surface area contributed by atoms with Gasteiger partial charge in [-0.25, -0.2) is 8.78 Å². The van der Waals surface area contributed by atoms with Gasteiger partial charge in [-0.15, -0.1) is 0 Å². The largest absolute Gasteiger partial charge is 0.319 e. The molecule has 0 amide bonds. The summed E-state index contributed by atoms with van der Waals surface area (Å²) in [5.74, 6) is -3.91. The van der Waals surface area contributed by atoms with Gasteiger partial charge in [0.1, 0.15) is 0 Å². The zero-order chi connectivity index (χ0) is 10.6. The van der Waals surface area contributed by atoms with Crippen molar-refractivity contribution in [2.24, 2.45) is 0 Å². The number of alkyl halides is 4. The Morgan fingerprint density at radius 1 is 1.29 bits per heavy atom. The Kier molecular flexibility index (Phi) is 4.12. The van der Waals surface area contributed by atoms with Crippen LogP contribution in [0.3, 0.4) is 0 Å². The molecule has 0 bridgehead atoms. The van der Waals surface area contributed by atoms with E-state index in [1.54, 1.807) is 0 Å². The maximum absolute atomic E-state index is 12.5. The van der Waals surface area contributed by atoms with Crippen molar-refractivity contribution in [2.75, 3.05) is 19.6 Å². The summed E-state index contributed by atoms with van der Waals surface area (Å²) in [4.78, 5) is 0. The van der Waals surface area contributed by atoms with E-state index < -0.39 is 18.9 Å². The quantitative estimate of drug-likeness (QED) is 0.688. The lowest BCUT2D eigenvalue weighted by atomic mass is 10.1. The number of nitrogens with one attached hydrogen (secondary N) is 2. The Morgan fingerprint density at radius 3 is 2.36 bits per heavy atom. The molecule has 0 unspecified atom stereocenters. The van der Waals surface area contributed by atoms with Gasteiger partial charge in [0.2, 0.25) is 0 Å². The van der Waals surface area contributed by atoms with Gasteiger partial charge in [-0.2, -0.15) is 8.78 Å². The highest BCUT2D eigenvalue weighted by atomic mass is 19.3. The van der Waals surface area contributed by atoms with Crippen LogP contribution in [0.15, 0.2) is 0 Å². The molecule has 0 atom stereocenters. The van der Waals surface area contributed by atoms with Gasteiger partial charge in [0.05, 0.1) is 6.54 Å². The molecule has 1 aliphatic rings. The number of hydrogen-bond acceptors (Lipinski definition) is 2. The molecule has 0 saturated carbocycles. The highest BCUT2D eigenvalue weighted by Gasteiger charge is 2.40. The Hall–Kier alpha value is -0.360.